The van der Waals surface area contributed by atoms with Crippen LogP contribution in [0.1, 0.15) is 12.0 Å². The number of aromatic amines is 1. The molecular weight excluding hydrogens is 234 g/mol. The van der Waals surface area contributed by atoms with Crippen LogP contribution in [-0.2, 0) is 6.42 Å². The summed E-state index contributed by atoms with van der Waals surface area (Å²) in [6.45, 7) is 1.04. The van der Waals surface area contributed by atoms with Gasteiger partial charge >= 0.3 is 0 Å². The second-order valence-corrected chi connectivity index (χ2v) is 4.91. The first-order valence-corrected chi connectivity index (χ1v) is 6.64. The van der Waals surface area contributed by atoms with Crippen molar-refractivity contribution >= 4 is 22.4 Å². The Labute approximate surface area is 111 Å². The highest BCUT2D eigenvalue weighted by Gasteiger charge is 2.19. The third-order valence-electron chi connectivity index (χ3n) is 3.77. The molecule has 0 atom stereocenters. The number of anilines is 2. The van der Waals surface area contributed by atoms with Gasteiger partial charge in [-0.15, -0.1) is 0 Å². The summed E-state index contributed by atoms with van der Waals surface area (Å²) in [5, 5.41) is 0. The summed E-state index contributed by atoms with van der Waals surface area (Å²) in [5.74, 6) is 0. The van der Waals surface area contributed by atoms with Gasteiger partial charge in [-0.3, -0.25) is 0 Å². The Balaban J connectivity index is 1.92. The Hall–Kier alpha value is -2.29. The Morgan fingerprint density at radius 3 is 2.95 bits per heavy atom. The van der Waals surface area contributed by atoms with Gasteiger partial charge in [-0.2, -0.15) is 0 Å². The molecule has 0 bridgehead atoms. The number of benzene rings is 2. The van der Waals surface area contributed by atoms with Crippen molar-refractivity contribution in [2.45, 2.75) is 12.8 Å². The summed E-state index contributed by atoms with van der Waals surface area (Å²) in [4.78, 5) is 9.78. The predicted octanol–water partition coefficient (Wildman–Crippen LogP) is 3.45. The number of aromatic nitrogens is 2. The number of imidazole rings is 1. The highest BCUT2D eigenvalue weighted by molar-refractivity contribution is 5.91. The minimum absolute atomic E-state index is 0.999. The average molecular weight is 248 g/mol. The fraction of sp³-hybridized carbons (Fsp3) is 0.188. The number of aryl methyl sites for hydroxylation is 1. The molecular formula is C16H14N3. The number of rotatable bonds is 1. The maximum Gasteiger partial charge on any atom is 0.174 e. The van der Waals surface area contributed by atoms with Crippen LogP contribution in [0.3, 0.4) is 0 Å². The van der Waals surface area contributed by atoms with Crippen LogP contribution in [-0.4, -0.2) is 16.5 Å². The van der Waals surface area contributed by atoms with Crippen molar-refractivity contribution in [2.24, 2.45) is 0 Å². The highest BCUT2D eigenvalue weighted by atomic mass is 15.2. The topological polar surface area (TPSA) is 31.9 Å². The van der Waals surface area contributed by atoms with Crippen LogP contribution in [0.25, 0.3) is 11.0 Å². The van der Waals surface area contributed by atoms with E-state index in [9.17, 15) is 0 Å². The van der Waals surface area contributed by atoms with Gasteiger partial charge in [-0.25, -0.2) is 4.98 Å². The van der Waals surface area contributed by atoms with Crippen LogP contribution in [0.4, 0.5) is 11.4 Å². The van der Waals surface area contributed by atoms with Gasteiger partial charge in [0, 0.05) is 12.2 Å². The van der Waals surface area contributed by atoms with E-state index in [1.165, 1.54) is 23.4 Å². The Kier molecular flexibility index (Phi) is 2.30. The lowest BCUT2D eigenvalue weighted by molar-refractivity contribution is 0.768. The van der Waals surface area contributed by atoms with Gasteiger partial charge in [0.1, 0.15) is 5.52 Å². The first-order chi connectivity index (χ1) is 9.43. The number of fused-ring (bicyclic) bond motifs is 2. The molecule has 1 aliphatic heterocycles. The summed E-state index contributed by atoms with van der Waals surface area (Å²) in [5.41, 5.74) is 5.94. The molecule has 3 nitrogen and oxygen atoms in total. The molecule has 0 amide bonds. The normalized spacial score (nSPS) is 14.6. The highest BCUT2D eigenvalue weighted by Crippen LogP contribution is 2.35. The molecule has 3 aromatic rings. The second kappa shape index (κ2) is 4.12. The van der Waals surface area contributed by atoms with Crippen molar-refractivity contribution in [1.82, 2.24) is 9.97 Å². The van der Waals surface area contributed by atoms with Gasteiger partial charge in [0.25, 0.3) is 0 Å². The lowest BCUT2D eigenvalue weighted by Gasteiger charge is -2.31. The van der Waals surface area contributed by atoms with E-state index in [0.29, 0.717) is 0 Å². The summed E-state index contributed by atoms with van der Waals surface area (Å²) in [6.07, 6.45) is 5.18. The smallest absolute Gasteiger partial charge is 0.174 e. The van der Waals surface area contributed by atoms with E-state index in [1.807, 2.05) is 6.07 Å². The van der Waals surface area contributed by atoms with Crippen LogP contribution in [0.15, 0.2) is 42.5 Å². The quantitative estimate of drug-likeness (QED) is 0.715. The van der Waals surface area contributed by atoms with Crippen LogP contribution in [0.2, 0.25) is 0 Å². The zero-order chi connectivity index (χ0) is 12.7. The molecule has 93 valence electrons. The van der Waals surface area contributed by atoms with E-state index in [0.717, 1.165) is 24.0 Å². The van der Waals surface area contributed by atoms with E-state index >= 15 is 0 Å². The Bertz CT molecular complexity index is 729. The molecule has 0 unspecified atom stereocenters. The minimum Gasteiger partial charge on any atom is -0.339 e. The molecule has 0 spiro atoms. The molecule has 2 heterocycles. The lowest BCUT2D eigenvalue weighted by atomic mass is 10.0. The first-order valence-electron chi connectivity index (χ1n) is 6.64. The Morgan fingerprint density at radius 2 is 1.95 bits per heavy atom. The molecule has 19 heavy (non-hydrogen) atoms. The van der Waals surface area contributed by atoms with Crippen LogP contribution >= 0.6 is 0 Å². The van der Waals surface area contributed by atoms with Crippen LogP contribution in [0.5, 0.6) is 0 Å². The van der Waals surface area contributed by atoms with Crippen molar-refractivity contribution in [3.8, 4) is 0 Å². The molecule has 2 aromatic carbocycles. The van der Waals surface area contributed by atoms with Gasteiger partial charge in [-0.05, 0) is 36.6 Å². The summed E-state index contributed by atoms with van der Waals surface area (Å²) < 4.78 is 0. The maximum absolute atomic E-state index is 4.34. The van der Waals surface area contributed by atoms with E-state index < -0.39 is 0 Å². The first kappa shape index (κ1) is 10.6. The van der Waals surface area contributed by atoms with Crippen LogP contribution < -0.4 is 4.90 Å². The van der Waals surface area contributed by atoms with Gasteiger partial charge in [0.2, 0.25) is 0 Å². The molecule has 1 aliphatic rings. The summed E-state index contributed by atoms with van der Waals surface area (Å²) in [6, 6.07) is 14.9. The number of hydrogen-bond donors (Lipinski definition) is 1. The average Bonchev–Trinajstić information content (AvgIpc) is 2.95. The summed E-state index contributed by atoms with van der Waals surface area (Å²) >= 11 is 0. The van der Waals surface area contributed by atoms with E-state index in [-0.39, 0.29) is 0 Å². The van der Waals surface area contributed by atoms with E-state index in [4.69, 9.17) is 0 Å². The molecule has 0 aliphatic carbocycles. The van der Waals surface area contributed by atoms with Crippen molar-refractivity contribution in [1.29, 1.82) is 0 Å². The maximum atomic E-state index is 4.34. The van der Waals surface area contributed by atoms with Gasteiger partial charge in [0.05, 0.1) is 11.2 Å². The minimum atomic E-state index is 0.999. The monoisotopic (exact) mass is 248 g/mol. The second-order valence-electron chi connectivity index (χ2n) is 4.91. The van der Waals surface area contributed by atoms with Crippen molar-refractivity contribution in [2.75, 3.05) is 11.4 Å². The fourth-order valence-electron chi connectivity index (χ4n) is 2.90. The standard InChI is InChI=1S/C16H14N3/c1-2-8-14-12(5-1)6-4-10-19(14)15-9-3-7-13-16(15)18-11-17-13/h1-3,5,7-9H,4,6,10H2,(H,17,18). The van der Waals surface area contributed by atoms with Gasteiger partial charge in [-0.1, -0.05) is 24.3 Å². The van der Waals surface area contributed by atoms with Crippen molar-refractivity contribution < 1.29 is 0 Å². The fourth-order valence-corrected chi connectivity index (χ4v) is 2.90. The van der Waals surface area contributed by atoms with E-state index in [1.54, 1.807) is 0 Å². The number of nitrogens with one attached hydrogen (secondary N) is 1. The number of nitrogens with zero attached hydrogens (tertiary/aromatic N) is 2. The number of H-pyrrole nitrogens is 1. The third-order valence-corrected chi connectivity index (χ3v) is 3.77. The molecule has 1 aromatic heterocycles. The zero-order valence-corrected chi connectivity index (χ0v) is 10.6. The summed E-state index contributed by atoms with van der Waals surface area (Å²) in [7, 11) is 0. The molecule has 1 radical (unpaired) electrons. The zero-order valence-electron chi connectivity index (χ0n) is 10.6. The van der Waals surface area contributed by atoms with Crippen molar-refractivity contribution in [3.05, 3.63) is 54.4 Å². The molecule has 3 heteroatoms. The Morgan fingerprint density at radius 1 is 1.05 bits per heavy atom. The molecule has 1 N–H and O–H groups in total. The number of hydrogen-bond acceptors (Lipinski definition) is 2. The predicted molar refractivity (Wildman–Crippen MR) is 76.7 cm³/mol. The van der Waals surface area contributed by atoms with Gasteiger partial charge < -0.3 is 9.88 Å². The largest absolute Gasteiger partial charge is 0.339 e. The SMILES string of the molecule is [c]1nc2c(N3CCCc4ccccc43)cccc2[nH]1. The van der Waals surface area contributed by atoms with Gasteiger partial charge in [0.15, 0.2) is 6.33 Å². The van der Waals surface area contributed by atoms with Crippen molar-refractivity contribution in [3.63, 3.8) is 0 Å². The lowest BCUT2D eigenvalue weighted by Crippen LogP contribution is -2.24. The van der Waals surface area contributed by atoms with E-state index in [2.05, 4.69) is 57.6 Å². The number of para-hydroxylation sites is 2. The third kappa shape index (κ3) is 1.62. The molecule has 0 saturated heterocycles. The van der Waals surface area contributed by atoms with Crippen LogP contribution in [0, 0.1) is 6.33 Å². The molecule has 0 fully saturated rings. The molecule has 0 saturated carbocycles. The molecule has 4 rings (SSSR count).